The lowest BCUT2D eigenvalue weighted by molar-refractivity contribution is 0.365. The van der Waals surface area contributed by atoms with Crippen LogP contribution in [0.2, 0.25) is 0 Å². The first-order valence-corrected chi connectivity index (χ1v) is 16.2. The van der Waals surface area contributed by atoms with Crippen molar-refractivity contribution >= 4 is 44.4 Å². The maximum Gasteiger partial charge on any atom is 0.494 e. The molecule has 10 heteroatoms. The monoisotopic (exact) mass is 582 g/mol. The third-order valence-corrected chi connectivity index (χ3v) is 9.05. The number of nitrogens with one attached hydrogen (secondary N) is 2. The molecule has 1 aliphatic carbocycles. The summed E-state index contributed by atoms with van der Waals surface area (Å²) in [6.07, 6.45) is 7.36. The van der Waals surface area contributed by atoms with E-state index in [-0.39, 0.29) is 12.4 Å². The van der Waals surface area contributed by atoms with Gasteiger partial charge in [-0.2, -0.15) is 0 Å². The van der Waals surface area contributed by atoms with E-state index in [1.807, 2.05) is 78.6 Å². The predicted octanol–water partition coefficient (Wildman–Crippen LogP) is 4.42. The zero-order chi connectivity index (χ0) is 30.0. The molecule has 2 N–H and O–H groups in total. The SMILES string of the molecule is CC.CCc1c[nH]c2cccc(B3OCCO3)c12.CN(C)CCc1cn(S(=O)(=O)C2CC2)c2ccccc12.CNC. The topological polar surface area (TPSA) is 88.6 Å². The Hall–Kier alpha value is -2.63. The molecule has 2 aromatic heterocycles. The molecule has 6 rings (SSSR count). The number of likely N-dealkylation sites (N-methyl/N-ethyl adjacent to an activating group) is 1. The number of rotatable bonds is 7. The second-order valence-electron chi connectivity index (χ2n) is 10.3. The molecule has 0 bridgehead atoms. The van der Waals surface area contributed by atoms with E-state index in [2.05, 4.69) is 40.5 Å². The number of nitrogens with zero attached hydrogens (tertiary/aromatic N) is 2. The predicted molar refractivity (Wildman–Crippen MR) is 173 cm³/mol. The van der Waals surface area contributed by atoms with Gasteiger partial charge in [0.25, 0.3) is 0 Å². The first kappa shape index (κ1) is 32.9. The summed E-state index contributed by atoms with van der Waals surface area (Å²) in [5.74, 6) is 0. The molecule has 0 atom stereocenters. The zero-order valence-electron chi connectivity index (χ0n) is 25.7. The van der Waals surface area contributed by atoms with Gasteiger partial charge in [-0.1, -0.05) is 51.1 Å². The maximum absolute atomic E-state index is 12.5. The van der Waals surface area contributed by atoms with Gasteiger partial charge in [-0.3, -0.25) is 0 Å². The lowest BCUT2D eigenvalue weighted by Gasteiger charge is -2.08. The van der Waals surface area contributed by atoms with E-state index in [1.165, 1.54) is 14.9 Å². The molecule has 1 saturated heterocycles. The van der Waals surface area contributed by atoms with Gasteiger partial charge in [-0.15, -0.1) is 0 Å². The van der Waals surface area contributed by atoms with Crippen molar-refractivity contribution in [1.82, 2.24) is 19.2 Å². The van der Waals surface area contributed by atoms with Crippen LogP contribution in [0.1, 0.15) is 44.7 Å². The summed E-state index contributed by atoms with van der Waals surface area (Å²) in [6.45, 7) is 8.45. The highest BCUT2D eigenvalue weighted by atomic mass is 32.2. The lowest BCUT2D eigenvalue weighted by atomic mass is 9.76. The van der Waals surface area contributed by atoms with E-state index in [0.717, 1.165) is 59.7 Å². The minimum Gasteiger partial charge on any atom is -0.405 e. The van der Waals surface area contributed by atoms with E-state index >= 15 is 0 Å². The number of benzene rings is 2. The summed E-state index contributed by atoms with van der Waals surface area (Å²) in [4.78, 5) is 5.40. The molecule has 0 radical (unpaired) electrons. The van der Waals surface area contributed by atoms with E-state index in [9.17, 15) is 8.42 Å². The van der Waals surface area contributed by atoms with E-state index in [4.69, 9.17) is 9.31 Å². The fourth-order valence-electron chi connectivity index (χ4n) is 4.80. The third-order valence-electron chi connectivity index (χ3n) is 6.88. The lowest BCUT2D eigenvalue weighted by Crippen LogP contribution is -2.32. The summed E-state index contributed by atoms with van der Waals surface area (Å²) in [5.41, 5.74) is 5.55. The molecule has 4 aromatic rings. The normalized spacial score (nSPS) is 14.8. The number of aryl methyl sites for hydroxylation is 1. The van der Waals surface area contributed by atoms with Crippen LogP contribution in [0.25, 0.3) is 21.8 Å². The van der Waals surface area contributed by atoms with Crippen molar-refractivity contribution in [1.29, 1.82) is 0 Å². The molecule has 1 aliphatic heterocycles. The summed E-state index contributed by atoms with van der Waals surface area (Å²) in [5, 5.41) is 4.88. The molecule has 2 aliphatic rings. The highest BCUT2D eigenvalue weighted by Gasteiger charge is 2.37. The van der Waals surface area contributed by atoms with Gasteiger partial charge in [0.15, 0.2) is 0 Å². The Labute approximate surface area is 246 Å². The minimum absolute atomic E-state index is 0.181. The van der Waals surface area contributed by atoms with Gasteiger partial charge in [0.05, 0.1) is 24.0 Å². The zero-order valence-corrected chi connectivity index (χ0v) is 26.6. The largest absolute Gasteiger partial charge is 0.494 e. The van der Waals surface area contributed by atoms with Crippen molar-refractivity contribution in [2.75, 3.05) is 47.9 Å². The Kier molecular flexibility index (Phi) is 12.5. The van der Waals surface area contributed by atoms with Gasteiger partial charge in [0.1, 0.15) is 0 Å². The van der Waals surface area contributed by atoms with Crippen LogP contribution in [0.3, 0.4) is 0 Å². The first-order valence-electron chi connectivity index (χ1n) is 14.7. The van der Waals surface area contributed by atoms with Crippen LogP contribution in [0.15, 0.2) is 54.9 Å². The molecule has 0 amide bonds. The molecule has 2 aromatic carbocycles. The molecular formula is C31H47BN4O4S. The van der Waals surface area contributed by atoms with Crippen LogP contribution in [0, 0.1) is 0 Å². The molecule has 2 fully saturated rings. The number of para-hydroxylation sites is 1. The van der Waals surface area contributed by atoms with Crippen molar-refractivity contribution in [3.63, 3.8) is 0 Å². The van der Waals surface area contributed by atoms with Gasteiger partial charge in [0.2, 0.25) is 10.0 Å². The first-order chi connectivity index (χ1) is 19.8. The second-order valence-corrected chi connectivity index (χ2v) is 12.4. The Morgan fingerprint density at radius 1 is 1.02 bits per heavy atom. The molecule has 0 spiro atoms. The van der Waals surface area contributed by atoms with Crippen LogP contribution >= 0.6 is 0 Å². The Balaban J connectivity index is 0.000000198. The Morgan fingerprint density at radius 2 is 1.68 bits per heavy atom. The molecule has 8 nitrogen and oxygen atoms in total. The maximum atomic E-state index is 12.5. The van der Waals surface area contributed by atoms with Gasteiger partial charge < -0.3 is 24.5 Å². The van der Waals surface area contributed by atoms with Gasteiger partial charge in [0, 0.05) is 35.2 Å². The summed E-state index contributed by atoms with van der Waals surface area (Å²) in [6, 6.07) is 14.0. The molecular weight excluding hydrogens is 535 g/mol. The molecule has 3 heterocycles. The Morgan fingerprint density at radius 3 is 2.29 bits per heavy atom. The van der Waals surface area contributed by atoms with Crippen LogP contribution in [0.5, 0.6) is 0 Å². The third kappa shape index (κ3) is 8.02. The molecule has 224 valence electrons. The number of aromatic amines is 1. The van der Waals surface area contributed by atoms with Crippen molar-refractivity contribution in [3.8, 4) is 0 Å². The van der Waals surface area contributed by atoms with Gasteiger partial charge >= 0.3 is 7.12 Å². The van der Waals surface area contributed by atoms with Crippen LogP contribution in [-0.4, -0.2) is 82.6 Å². The number of hydrogen-bond donors (Lipinski definition) is 2. The van der Waals surface area contributed by atoms with Crippen LogP contribution < -0.4 is 10.8 Å². The number of fused-ring (bicyclic) bond motifs is 2. The average molecular weight is 583 g/mol. The Bertz CT molecular complexity index is 1470. The van der Waals surface area contributed by atoms with Crippen molar-refractivity contribution < 1.29 is 17.7 Å². The van der Waals surface area contributed by atoms with Gasteiger partial charge in [-0.05, 0) is 82.6 Å². The molecule has 41 heavy (non-hydrogen) atoms. The average Bonchev–Trinajstić information content (AvgIpc) is 3.38. The fraction of sp³-hybridized carbons (Fsp3) is 0.484. The highest BCUT2D eigenvalue weighted by Crippen LogP contribution is 2.33. The standard InChI is InChI=1S/C15H20N2O2S.C12H14BNO2.C2H7N.C2H6/c1-16(2)10-9-12-11-17(20(18,19)13-7-8-13)15-6-4-3-5-14(12)15;1-2-9-8-14-11-5-3-4-10(12(9)11)13-15-6-7-16-13;1-3-2;1-2/h3-6,11,13H,7-10H2,1-2H3;3-5,8,14H,2,6-7H2,1H3;3H,1-2H3;1-2H3. The van der Waals surface area contributed by atoms with Crippen LogP contribution in [0.4, 0.5) is 0 Å². The minimum atomic E-state index is -3.21. The van der Waals surface area contributed by atoms with Crippen molar-refractivity contribution in [2.45, 2.75) is 51.7 Å². The number of aromatic nitrogens is 2. The summed E-state index contributed by atoms with van der Waals surface area (Å²) >= 11 is 0. The van der Waals surface area contributed by atoms with E-state index in [0.29, 0.717) is 13.2 Å². The number of hydrogen-bond acceptors (Lipinski definition) is 6. The highest BCUT2D eigenvalue weighted by molar-refractivity contribution is 7.91. The van der Waals surface area contributed by atoms with E-state index in [1.54, 1.807) is 0 Å². The molecule has 0 unspecified atom stereocenters. The number of H-pyrrole nitrogens is 1. The quantitative estimate of drug-likeness (QED) is 0.314. The summed E-state index contributed by atoms with van der Waals surface area (Å²) < 4.78 is 37.7. The summed E-state index contributed by atoms with van der Waals surface area (Å²) in [7, 11) is 4.41. The smallest absolute Gasteiger partial charge is 0.405 e. The molecule has 1 saturated carbocycles. The fourth-order valence-corrected chi connectivity index (χ4v) is 6.56. The van der Waals surface area contributed by atoms with Gasteiger partial charge in [-0.25, -0.2) is 12.4 Å². The van der Waals surface area contributed by atoms with Crippen molar-refractivity contribution in [3.05, 3.63) is 66.0 Å². The second kappa shape index (κ2) is 15.6. The van der Waals surface area contributed by atoms with Crippen LogP contribution in [-0.2, 0) is 32.2 Å². The van der Waals surface area contributed by atoms with Crippen molar-refractivity contribution in [2.24, 2.45) is 0 Å². The van der Waals surface area contributed by atoms with E-state index < -0.39 is 10.0 Å².